The van der Waals surface area contributed by atoms with E-state index in [-0.39, 0.29) is 161 Å². The molecule has 1 unspecified atom stereocenters. The fourth-order valence-corrected chi connectivity index (χ4v) is 16.2. The zero-order chi connectivity index (χ0) is 97.6. The van der Waals surface area contributed by atoms with Gasteiger partial charge in [0, 0.05) is 151 Å². The van der Waals surface area contributed by atoms with Crippen LogP contribution in [0.1, 0.15) is 207 Å². The van der Waals surface area contributed by atoms with Crippen molar-refractivity contribution in [3.05, 3.63) is 0 Å². The van der Waals surface area contributed by atoms with Crippen molar-refractivity contribution in [2.45, 2.75) is 342 Å². The number of carbonyl (C=O) groups excluding carboxylic acids is 11. The predicted octanol–water partition coefficient (Wildman–Crippen LogP) is -5.20. The number of phosphoric ester groups is 1. The van der Waals surface area contributed by atoms with Crippen molar-refractivity contribution in [3.8, 4) is 0 Å². The number of phosphoric acid groups is 1. The Labute approximate surface area is 777 Å². The van der Waals surface area contributed by atoms with Gasteiger partial charge in [0.15, 0.2) is 25.1 Å². The number of likely N-dealkylation sites (tertiary alicyclic amines) is 1. The number of ether oxygens (including phenoxy) is 10. The summed E-state index contributed by atoms with van der Waals surface area (Å²) in [7, 11) is -3.34. The maximum atomic E-state index is 14.1. The number of nitrogens with zero attached hydrogens (tertiary/aromatic N) is 1. The average Bonchev–Trinajstić information content (AvgIpc) is 1.31. The molecule has 5 fully saturated rings. The Morgan fingerprint density at radius 3 is 1.06 bits per heavy atom. The number of aliphatic hydroxyl groups excluding tert-OH is 10. The van der Waals surface area contributed by atoms with Crippen LogP contribution in [-0.2, 0) is 114 Å². The van der Waals surface area contributed by atoms with Gasteiger partial charge in [-0.15, -0.1) is 0 Å². The van der Waals surface area contributed by atoms with E-state index in [1.54, 1.807) is 0 Å². The molecule has 0 aliphatic carbocycles. The van der Waals surface area contributed by atoms with Crippen molar-refractivity contribution >= 4 is 72.8 Å². The van der Waals surface area contributed by atoms with E-state index in [2.05, 4.69) is 67.9 Å². The molecule has 5 aliphatic heterocycles. The van der Waals surface area contributed by atoms with Crippen LogP contribution >= 0.6 is 7.82 Å². The lowest BCUT2D eigenvalue weighted by atomic mass is 9.94. The Bertz CT molecular complexity index is 3450. The highest BCUT2D eigenvalue weighted by atomic mass is 31.2. The molecule has 5 saturated heterocycles. The van der Waals surface area contributed by atoms with Crippen molar-refractivity contribution in [1.82, 2.24) is 63.4 Å². The molecule has 5 aliphatic rings. The van der Waals surface area contributed by atoms with Gasteiger partial charge in [-0.05, 0) is 83.6 Å². The van der Waals surface area contributed by atoms with Gasteiger partial charge in [-0.2, -0.15) is 0 Å². The van der Waals surface area contributed by atoms with E-state index in [0.29, 0.717) is 83.7 Å². The van der Waals surface area contributed by atoms with Crippen LogP contribution in [-0.4, -0.2) is 388 Å². The zero-order valence-electron chi connectivity index (χ0n) is 77.5. The minimum Gasteiger partial charge on any atom is -0.756 e. The van der Waals surface area contributed by atoms with Gasteiger partial charge < -0.3 is 171 Å². The Morgan fingerprint density at radius 2 is 0.692 bits per heavy atom. The monoisotopic (exact) mass is 1930 g/mol. The third-order valence-corrected chi connectivity index (χ3v) is 23.8. The Balaban J connectivity index is 1.17. The number of hydrogen-bond acceptors (Lipinski definition) is 36. The normalized spacial score (nSPS) is 27.5. The summed E-state index contributed by atoms with van der Waals surface area (Å²) in [6.07, 6.45) is -7.82. The predicted molar refractivity (Wildman–Crippen MR) is 468 cm³/mol. The number of hydrogen-bond donors (Lipinski definition) is 21. The van der Waals surface area contributed by atoms with Gasteiger partial charge in [0.05, 0.1) is 59.0 Å². The molecule has 0 aromatic heterocycles. The second kappa shape index (κ2) is 66.1. The smallest absolute Gasteiger partial charge is 0.267 e. The van der Waals surface area contributed by atoms with Crippen molar-refractivity contribution in [2.24, 2.45) is 0 Å². The second-order valence-corrected chi connectivity index (χ2v) is 35.4. The Hall–Kier alpha value is -6.56. The van der Waals surface area contributed by atoms with E-state index in [9.17, 15) is 113 Å². The molecule has 768 valence electrons. The lowest BCUT2D eigenvalue weighted by Gasteiger charge is -2.46. The molecule has 48 heteroatoms. The minimum absolute atomic E-state index is 0.0497. The van der Waals surface area contributed by atoms with Gasteiger partial charge in [0.1, 0.15) is 97.4 Å². The third-order valence-electron chi connectivity index (χ3n) is 22.9. The van der Waals surface area contributed by atoms with Crippen LogP contribution in [0.5, 0.6) is 0 Å². The minimum atomic E-state index is -4.38. The number of unbranched alkanes of at least 4 members (excludes halogenated alkanes) is 13. The highest BCUT2D eigenvalue weighted by Gasteiger charge is 2.51. The Morgan fingerprint density at radius 1 is 0.361 bits per heavy atom. The first-order chi connectivity index (χ1) is 63.7. The number of nitrogens with one attached hydrogen (secondary N) is 11. The van der Waals surface area contributed by atoms with Gasteiger partial charge in [-0.1, -0.05) is 57.8 Å². The van der Waals surface area contributed by atoms with Crippen LogP contribution in [0.2, 0.25) is 0 Å². The fraction of sp³-hybridized carbons (Fsp3) is 0.871. The number of β-amino-alcohol motifs (C(OH)–C–C–N with tert-alkyl or cyclic N) is 1. The van der Waals surface area contributed by atoms with Crippen LogP contribution < -0.4 is 63.4 Å². The van der Waals surface area contributed by atoms with Gasteiger partial charge in [0.25, 0.3) is 7.82 Å². The lowest BCUT2D eigenvalue weighted by molar-refractivity contribution is -0.270. The van der Waals surface area contributed by atoms with Gasteiger partial charge in [-0.25, -0.2) is 0 Å². The first-order valence-corrected chi connectivity index (χ1v) is 48.3. The van der Waals surface area contributed by atoms with E-state index in [4.69, 9.17) is 51.9 Å². The van der Waals surface area contributed by atoms with Crippen LogP contribution in [0.25, 0.3) is 0 Å². The van der Waals surface area contributed by atoms with Gasteiger partial charge in [0.2, 0.25) is 65.0 Å². The quantitative estimate of drug-likeness (QED) is 0.0200. The zero-order valence-corrected chi connectivity index (χ0v) is 78.4. The molecule has 11 amide bonds. The summed E-state index contributed by atoms with van der Waals surface area (Å²) in [5, 5.41) is 132. The van der Waals surface area contributed by atoms with Crippen molar-refractivity contribution in [3.63, 3.8) is 0 Å². The first-order valence-electron chi connectivity index (χ1n) is 46.8. The number of rotatable bonds is 69. The van der Waals surface area contributed by atoms with Crippen LogP contribution in [0.3, 0.4) is 0 Å². The molecule has 0 bridgehead atoms. The van der Waals surface area contributed by atoms with E-state index < -0.39 is 204 Å². The molecule has 5 rings (SSSR count). The maximum Gasteiger partial charge on any atom is 0.267 e. The molecule has 0 spiro atoms. The summed E-state index contributed by atoms with van der Waals surface area (Å²) in [5.74, 6) is -4.66. The van der Waals surface area contributed by atoms with E-state index in [0.717, 1.165) is 71.3 Å². The highest BCUT2D eigenvalue weighted by molar-refractivity contribution is 7.45. The molecule has 0 radical (unpaired) electrons. The summed E-state index contributed by atoms with van der Waals surface area (Å²) in [4.78, 5) is 155. The second-order valence-electron chi connectivity index (χ2n) is 33.9. The van der Waals surface area contributed by atoms with Gasteiger partial charge in [-0.3, -0.25) is 62.2 Å². The molecule has 0 saturated carbocycles. The van der Waals surface area contributed by atoms with Crippen LogP contribution in [0.4, 0.5) is 0 Å². The highest BCUT2D eigenvalue weighted by Crippen LogP contribution is 2.38. The molecular formula is C85H152N12O35P-. The summed E-state index contributed by atoms with van der Waals surface area (Å²) in [6, 6.07) is -4.76. The molecule has 47 nitrogen and oxygen atoms in total. The topological polar surface area (TPSA) is 677 Å². The molecular weight excluding hydrogens is 1780 g/mol. The standard InChI is InChI=1S/C85H153N12O35P/c1-53(101)92-70-77(116)74(113)59(48-98)130-83(70)125-40-20-16-26-63(106)86-33-23-36-89-66(109)30-43-122-52-62-80(123-44-31-67(110)90-37-24-34-87-64(107)27-17-21-41-126-84-71(93-54(2)102)78(117)75(114)60(49-99)131-84)81(124-45-32-68(111)91-38-25-35-88-65(108)28-18-22-42-127-85-72(94-55(3)103)79(118)76(115)61(50-100)132-85)73(95-56(4)104)82(129-62)96-69(112)29-15-13-11-9-7-6-8-10-12-14-19-39-97-47-58(105)46-57(97)51-128-133(119,120)121-5/h57-62,70-85,98-100,105,113-118H,6-52H2,1-5H3,(H,86,106)(H,87,107)(H,88,108)(H,89,109)(H,90,110)(H,91,111)(H,92,101)(H,93,102)(H,94,103)(H,95,104)(H,96,112)(H,119,120)/p-1/t57-,58+,59+,60+,61+,62+,70+,71+,72+,73+,74-,75-,76-,77+,78+,79+,80+,81+,82+,83+,84+,85+/m0/s1. The molecule has 133 heavy (non-hydrogen) atoms. The molecule has 23 atom stereocenters. The summed E-state index contributed by atoms with van der Waals surface area (Å²) < 4.78 is 80.8. The van der Waals surface area contributed by atoms with Crippen molar-refractivity contribution in [1.29, 1.82) is 0 Å². The fourth-order valence-electron chi connectivity index (χ4n) is 15.7. The van der Waals surface area contributed by atoms with Gasteiger partial charge >= 0.3 is 0 Å². The molecule has 21 N–H and O–H groups in total. The third kappa shape index (κ3) is 46.2. The summed E-state index contributed by atoms with van der Waals surface area (Å²) >= 11 is 0. The van der Waals surface area contributed by atoms with E-state index >= 15 is 0 Å². The molecule has 5 heterocycles. The maximum absolute atomic E-state index is 14.1. The average molecular weight is 1930 g/mol. The molecule has 0 aromatic carbocycles. The van der Waals surface area contributed by atoms with E-state index in [1.165, 1.54) is 27.7 Å². The lowest BCUT2D eigenvalue weighted by Crippen LogP contribution is -2.69. The Kier molecular flexibility index (Phi) is 58.1. The van der Waals surface area contributed by atoms with E-state index in [1.807, 2.05) is 0 Å². The SMILES string of the molecule is COP(=O)([O-])OC[C@@H]1C[C@@H](O)CN1CCCCCCCCCCCCCC(=O)N[C@@H]1O[C@H](COCCC(=O)NCCCNC(=O)CCCCO[C@@H]2O[C@H](CO)[C@H](O)[C@H](O)[C@H]2NC(C)=O)[C@@H](OCCC(=O)NCCCNC(=O)CCCCO[C@@H]2O[C@H](CO)[C@H](O)[C@H](O)[C@H]2NC(C)=O)[C@H](OCCC(=O)NCCCNC(=O)CCCCO[C@@H]2O[C@H](CO)[C@H](O)[C@H](O)[C@H]2NC(C)=O)[C@H]1NC(C)=O. The number of amides is 11. The van der Waals surface area contributed by atoms with Crippen LogP contribution in [0, 0.1) is 0 Å². The van der Waals surface area contributed by atoms with Crippen LogP contribution in [0.15, 0.2) is 0 Å². The number of carbonyl (C=O) groups is 11. The summed E-state index contributed by atoms with van der Waals surface area (Å²) in [6.45, 7) is 4.33. The van der Waals surface area contributed by atoms with Crippen molar-refractivity contribution in [2.75, 3.05) is 132 Å². The molecule has 0 aromatic rings. The number of aliphatic hydroxyl groups is 10. The van der Waals surface area contributed by atoms with Crippen molar-refractivity contribution < 1.29 is 170 Å². The largest absolute Gasteiger partial charge is 0.756 e. The summed E-state index contributed by atoms with van der Waals surface area (Å²) in [5.41, 5.74) is 0. The first kappa shape index (κ1) is 117.